The van der Waals surface area contributed by atoms with Crippen molar-refractivity contribution in [1.82, 2.24) is 0 Å². The molecule has 3 aromatic rings. The average molecular weight is 516 g/mol. The molecule has 188 valence electrons. The molecule has 6 nitrogen and oxygen atoms in total. The van der Waals surface area contributed by atoms with Gasteiger partial charge in [-0.1, -0.05) is 48.0 Å². The van der Waals surface area contributed by atoms with Gasteiger partial charge >= 0.3 is 5.97 Å². The zero-order valence-electron chi connectivity index (χ0n) is 20.3. The predicted molar refractivity (Wildman–Crippen MR) is 140 cm³/mol. The smallest absolute Gasteiger partial charge is 0.338 e. The number of halogens is 1. The van der Waals surface area contributed by atoms with Gasteiger partial charge in [-0.2, -0.15) is 0 Å². The first kappa shape index (κ1) is 24.9. The molecule has 7 heteroatoms. The topological polar surface area (TPSA) is 80.8 Å². The first-order valence-corrected chi connectivity index (χ1v) is 12.7. The predicted octanol–water partition coefficient (Wildman–Crippen LogP) is 5.84. The second-order valence-corrected chi connectivity index (χ2v) is 10.1. The number of hydrogen-bond acceptors (Lipinski definition) is 5. The van der Waals surface area contributed by atoms with Crippen molar-refractivity contribution in [3.8, 4) is 0 Å². The van der Waals surface area contributed by atoms with Gasteiger partial charge in [-0.25, -0.2) is 4.79 Å². The molecule has 2 fully saturated rings. The molecule has 4 atom stereocenters. The van der Waals surface area contributed by atoms with Gasteiger partial charge in [0.05, 0.1) is 23.1 Å². The van der Waals surface area contributed by atoms with Gasteiger partial charge < -0.3 is 4.74 Å². The fourth-order valence-corrected chi connectivity index (χ4v) is 5.49. The van der Waals surface area contributed by atoms with Gasteiger partial charge in [0.1, 0.15) is 0 Å². The molecule has 1 heterocycles. The third-order valence-electron chi connectivity index (χ3n) is 7.32. The van der Waals surface area contributed by atoms with Gasteiger partial charge in [0.15, 0.2) is 6.10 Å². The Hall–Kier alpha value is -3.77. The molecule has 1 aliphatic heterocycles. The number of ketones is 1. The van der Waals surface area contributed by atoms with Crippen LogP contribution in [0.1, 0.15) is 58.4 Å². The van der Waals surface area contributed by atoms with Crippen molar-refractivity contribution in [3.05, 3.63) is 101 Å². The van der Waals surface area contributed by atoms with Gasteiger partial charge in [0.2, 0.25) is 17.6 Å². The Morgan fingerprint density at radius 3 is 2.30 bits per heavy atom. The van der Waals surface area contributed by atoms with E-state index < -0.39 is 12.1 Å². The number of benzene rings is 3. The molecule has 0 unspecified atom stereocenters. The minimum atomic E-state index is -1.02. The van der Waals surface area contributed by atoms with E-state index in [0.717, 1.165) is 6.42 Å². The monoisotopic (exact) mass is 515 g/mol. The molecule has 3 aromatic carbocycles. The SMILES string of the molecule is C[C@@H](OC(=O)c1cccc(N2C(=O)[C@H]3C[C@@H](c4ccccc4)CC[C@H]3C2=O)c1)C(=O)c1ccc(Cl)cc1. The van der Waals surface area contributed by atoms with Crippen LogP contribution >= 0.6 is 11.6 Å². The van der Waals surface area contributed by atoms with E-state index in [1.165, 1.54) is 29.5 Å². The van der Waals surface area contributed by atoms with E-state index in [2.05, 4.69) is 12.1 Å². The lowest BCUT2D eigenvalue weighted by Gasteiger charge is -2.28. The van der Waals surface area contributed by atoms with E-state index >= 15 is 0 Å². The molecule has 5 rings (SSSR count). The summed E-state index contributed by atoms with van der Waals surface area (Å²) in [5.74, 6) is -2.01. The highest BCUT2D eigenvalue weighted by Crippen LogP contribution is 2.45. The summed E-state index contributed by atoms with van der Waals surface area (Å²) in [5, 5.41) is 0.499. The number of carbonyl (C=O) groups excluding carboxylic acids is 4. The van der Waals surface area contributed by atoms with Crippen LogP contribution in [0, 0.1) is 11.8 Å². The van der Waals surface area contributed by atoms with Crippen molar-refractivity contribution >= 4 is 40.9 Å². The van der Waals surface area contributed by atoms with E-state index in [0.29, 0.717) is 29.1 Å². The van der Waals surface area contributed by atoms with E-state index in [9.17, 15) is 19.2 Å². The minimum absolute atomic E-state index is 0.158. The molecule has 0 bridgehead atoms. The van der Waals surface area contributed by atoms with Crippen LogP contribution in [0.25, 0.3) is 0 Å². The molecule has 1 saturated heterocycles. The van der Waals surface area contributed by atoms with Crippen LogP contribution in [-0.2, 0) is 14.3 Å². The first-order chi connectivity index (χ1) is 17.8. The third-order valence-corrected chi connectivity index (χ3v) is 7.57. The maximum Gasteiger partial charge on any atom is 0.338 e. The summed E-state index contributed by atoms with van der Waals surface area (Å²) in [5.41, 5.74) is 2.06. The normalized spacial score (nSPS) is 21.9. The minimum Gasteiger partial charge on any atom is -0.451 e. The lowest BCUT2D eigenvalue weighted by molar-refractivity contribution is -0.122. The van der Waals surface area contributed by atoms with Crippen LogP contribution in [0.3, 0.4) is 0 Å². The number of nitrogens with zero attached hydrogens (tertiary/aromatic N) is 1. The molecule has 0 N–H and O–H groups in total. The molecule has 37 heavy (non-hydrogen) atoms. The maximum atomic E-state index is 13.4. The van der Waals surface area contributed by atoms with Crippen molar-refractivity contribution in [2.24, 2.45) is 11.8 Å². The Balaban J connectivity index is 1.30. The maximum absolute atomic E-state index is 13.4. The number of ether oxygens (including phenoxy) is 1. The highest BCUT2D eigenvalue weighted by Gasteiger charge is 2.50. The van der Waals surface area contributed by atoms with Gasteiger partial charge in [-0.05, 0) is 80.1 Å². The van der Waals surface area contributed by atoms with E-state index in [1.54, 1.807) is 36.4 Å². The van der Waals surface area contributed by atoms with E-state index in [1.807, 2.05) is 18.2 Å². The average Bonchev–Trinajstić information content (AvgIpc) is 3.18. The first-order valence-electron chi connectivity index (χ1n) is 12.4. The summed E-state index contributed by atoms with van der Waals surface area (Å²) in [7, 11) is 0. The molecular formula is C30H26ClNO5. The molecule has 0 spiro atoms. The van der Waals surface area contributed by atoms with Crippen molar-refractivity contribution in [2.45, 2.75) is 38.2 Å². The highest BCUT2D eigenvalue weighted by atomic mass is 35.5. The number of anilines is 1. The number of Topliss-reactive ketones (excluding diaryl/α,β-unsaturated/α-hetero) is 1. The number of imide groups is 1. The number of hydrogen-bond donors (Lipinski definition) is 0. The zero-order valence-corrected chi connectivity index (χ0v) is 21.1. The van der Waals surface area contributed by atoms with E-state index in [4.69, 9.17) is 16.3 Å². The standard InChI is InChI=1S/C30H26ClNO5/c1-18(27(33)20-10-13-23(31)14-11-20)37-30(36)22-8-5-9-24(16-22)32-28(34)25-15-12-21(17-26(25)29(32)35)19-6-3-2-4-7-19/h2-11,13-14,16,18,21,25-26H,12,15,17H2,1H3/t18-,21+,25-,26+/m1/s1. The number of carbonyl (C=O) groups is 4. The summed E-state index contributed by atoms with van der Waals surface area (Å²) < 4.78 is 5.40. The van der Waals surface area contributed by atoms with E-state index in [-0.39, 0.29) is 40.9 Å². The summed E-state index contributed by atoms with van der Waals surface area (Å²) >= 11 is 5.88. The molecule has 1 saturated carbocycles. The van der Waals surface area contributed by atoms with Gasteiger partial charge in [0.25, 0.3) is 0 Å². The summed E-state index contributed by atoms with van der Waals surface area (Å²) in [6.07, 6.45) is 1.11. The van der Waals surface area contributed by atoms with Crippen molar-refractivity contribution < 1.29 is 23.9 Å². The quantitative estimate of drug-likeness (QED) is 0.234. The number of rotatable bonds is 6. The second kappa shape index (κ2) is 10.3. The Morgan fingerprint density at radius 2 is 1.57 bits per heavy atom. The number of amides is 2. The molecule has 0 aromatic heterocycles. The van der Waals surface area contributed by atoms with Crippen LogP contribution in [-0.4, -0.2) is 29.7 Å². The summed E-state index contributed by atoms with van der Waals surface area (Å²) in [4.78, 5) is 53.3. The largest absolute Gasteiger partial charge is 0.451 e. The highest BCUT2D eigenvalue weighted by molar-refractivity contribution is 6.30. The fraction of sp³-hybridized carbons (Fsp3) is 0.267. The van der Waals surface area contributed by atoms with Crippen molar-refractivity contribution in [3.63, 3.8) is 0 Å². The molecule has 2 amide bonds. The fourth-order valence-electron chi connectivity index (χ4n) is 5.36. The molecule has 0 radical (unpaired) electrons. The van der Waals surface area contributed by atoms with Gasteiger partial charge in [0, 0.05) is 10.6 Å². The molecular weight excluding hydrogens is 490 g/mol. The number of esters is 1. The van der Waals surface area contributed by atoms with Crippen LogP contribution in [0.5, 0.6) is 0 Å². The Labute approximate surface area is 220 Å². The summed E-state index contributed by atoms with van der Waals surface area (Å²) in [6.45, 7) is 1.50. The second-order valence-electron chi connectivity index (χ2n) is 9.61. The lowest BCUT2D eigenvalue weighted by Crippen LogP contribution is -2.31. The van der Waals surface area contributed by atoms with Crippen LogP contribution in [0.15, 0.2) is 78.9 Å². The van der Waals surface area contributed by atoms with Crippen LogP contribution in [0.4, 0.5) is 5.69 Å². The van der Waals surface area contributed by atoms with Crippen molar-refractivity contribution in [2.75, 3.05) is 4.90 Å². The van der Waals surface area contributed by atoms with Crippen molar-refractivity contribution in [1.29, 1.82) is 0 Å². The van der Waals surface area contributed by atoms with Gasteiger partial charge in [-0.3, -0.25) is 19.3 Å². The zero-order chi connectivity index (χ0) is 26.1. The third kappa shape index (κ3) is 4.94. The molecule has 1 aliphatic carbocycles. The summed E-state index contributed by atoms with van der Waals surface area (Å²) in [6, 6.07) is 22.7. The van der Waals surface area contributed by atoms with Crippen LogP contribution < -0.4 is 4.90 Å². The Bertz CT molecular complexity index is 1350. The Morgan fingerprint density at radius 1 is 0.865 bits per heavy atom. The lowest BCUT2D eigenvalue weighted by atomic mass is 9.73. The number of fused-ring (bicyclic) bond motifs is 1. The Kier molecular flexibility index (Phi) is 6.94. The van der Waals surface area contributed by atoms with Crippen LogP contribution in [0.2, 0.25) is 5.02 Å². The van der Waals surface area contributed by atoms with Gasteiger partial charge in [-0.15, -0.1) is 0 Å². The molecule has 2 aliphatic rings.